The zero-order valence-electron chi connectivity index (χ0n) is 8.14. The number of hydrogen-bond donors (Lipinski definition) is 0. The molecule has 0 aliphatic carbocycles. The van der Waals surface area contributed by atoms with Gasteiger partial charge in [0, 0.05) is 23.1 Å². The third-order valence-corrected chi connectivity index (χ3v) is 2.40. The lowest BCUT2D eigenvalue weighted by molar-refractivity contribution is 0.155. The van der Waals surface area contributed by atoms with Gasteiger partial charge >= 0.3 is 0 Å². The summed E-state index contributed by atoms with van der Waals surface area (Å²) in [6.07, 6.45) is -1.21. The number of alkyl halides is 3. The summed E-state index contributed by atoms with van der Waals surface area (Å²) in [5.41, 5.74) is 0. The Morgan fingerprint density at radius 2 is 2.19 bits per heavy atom. The van der Waals surface area contributed by atoms with Crippen LogP contribution in [0, 0.1) is 5.82 Å². The van der Waals surface area contributed by atoms with E-state index >= 15 is 0 Å². The van der Waals surface area contributed by atoms with E-state index in [-0.39, 0.29) is 18.2 Å². The van der Waals surface area contributed by atoms with Crippen molar-refractivity contribution in [1.82, 2.24) is 4.98 Å². The van der Waals surface area contributed by atoms with Crippen molar-refractivity contribution >= 4 is 33.3 Å². The summed E-state index contributed by atoms with van der Waals surface area (Å²) >= 11 is 8.51. The van der Waals surface area contributed by atoms with Crippen molar-refractivity contribution in [2.45, 2.75) is 6.43 Å². The Kier molecular flexibility index (Phi) is 5.34. The molecule has 0 saturated heterocycles. The molecule has 0 fully saturated rings. The smallest absolute Gasteiger partial charge is 0.255 e. The number of nitrogens with zero attached hydrogens (tertiary/aromatic N) is 2. The van der Waals surface area contributed by atoms with Crippen LogP contribution in [-0.2, 0) is 0 Å². The molecule has 0 saturated carbocycles. The van der Waals surface area contributed by atoms with E-state index in [1.165, 1.54) is 12.3 Å². The SMILES string of the molecule is Fc1cc(Br)cnc1N(CCCl)CC(F)F. The molecule has 16 heavy (non-hydrogen) atoms. The predicted octanol–water partition coefficient (Wildman–Crippen LogP) is 3.29. The number of anilines is 1. The second-order valence-electron chi connectivity index (χ2n) is 2.99. The van der Waals surface area contributed by atoms with Gasteiger partial charge in [0.1, 0.15) is 0 Å². The van der Waals surface area contributed by atoms with Gasteiger partial charge in [-0.25, -0.2) is 18.2 Å². The van der Waals surface area contributed by atoms with Crippen LogP contribution < -0.4 is 4.90 Å². The van der Waals surface area contributed by atoms with Gasteiger partial charge in [-0.15, -0.1) is 11.6 Å². The molecule has 0 unspecified atom stereocenters. The van der Waals surface area contributed by atoms with Gasteiger partial charge < -0.3 is 4.90 Å². The normalized spacial score (nSPS) is 10.9. The summed E-state index contributed by atoms with van der Waals surface area (Å²) in [5.74, 6) is -0.631. The van der Waals surface area contributed by atoms with Crippen molar-refractivity contribution in [3.8, 4) is 0 Å². The molecule has 1 aromatic heterocycles. The lowest BCUT2D eigenvalue weighted by Crippen LogP contribution is -2.32. The van der Waals surface area contributed by atoms with Crippen molar-refractivity contribution in [3.63, 3.8) is 0 Å². The molecule has 1 heterocycles. The molecule has 1 rings (SSSR count). The molecule has 0 radical (unpaired) electrons. The van der Waals surface area contributed by atoms with Crippen LogP contribution in [0.3, 0.4) is 0 Å². The number of pyridine rings is 1. The highest BCUT2D eigenvalue weighted by molar-refractivity contribution is 9.10. The molecule has 2 nitrogen and oxygen atoms in total. The zero-order valence-corrected chi connectivity index (χ0v) is 10.5. The zero-order chi connectivity index (χ0) is 12.1. The van der Waals surface area contributed by atoms with E-state index in [1.807, 2.05) is 0 Å². The van der Waals surface area contributed by atoms with E-state index in [1.54, 1.807) is 0 Å². The predicted molar refractivity (Wildman–Crippen MR) is 60.8 cm³/mol. The summed E-state index contributed by atoms with van der Waals surface area (Å²) in [4.78, 5) is 4.89. The van der Waals surface area contributed by atoms with Crippen molar-refractivity contribution in [2.24, 2.45) is 0 Å². The van der Waals surface area contributed by atoms with Gasteiger partial charge in [-0.1, -0.05) is 0 Å². The van der Waals surface area contributed by atoms with Gasteiger partial charge in [-0.2, -0.15) is 0 Å². The van der Waals surface area contributed by atoms with Gasteiger partial charge in [-0.05, 0) is 22.0 Å². The fraction of sp³-hybridized carbons (Fsp3) is 0.444. The summed E-state index contributed by atoms with van der Waals surface area (Å²) < 4.78 is 38.4. The Balaban J connectivity index is 2.91. The Morgan fingerprint density at radius 3 is 2.69 bits per heavy atom. The monoisotopic (exact) mass is 316 g/mol. The van der Waals surface area contributed by atoms with Crippen LogP contribution in [0.5, 0.6) is 0 Å². The molecule has 1 aromatic rings. The van der Waals surface area contributed by atoms with Gasteiger partial charge in [0.25, 0.3) is 6.43 Å². The van der Waals surface area contributed by atoms with Crippen LogP contribution in [0.4, 0.5) is 19.0 Å². The van der Waals surface area contributed by atoms with Gasteiger partial charge in [0.2, 0.25) is 0 Å². The van der Waals surface area contributed by atoms with Crippen LogP contribution >= 0.6 is 27.5 Å². The molecule has 0 amide bonds. The van der Waals surface area contributed by atoms with Crippen molar-refractivity contribution < 1.29 is 13.2 Å². The van der Waals surface area contributed by atoms with Crippen LogP contribution in [-0.4, -0.2) is 30.4 Å². The maximum absolute atomic E-state index is 13.5. The fourth-order valence-corrected chi connectivity index (χ4v) is 1.70. The van der Waals surface area contributed by atoms with Gasteiger partial charge in [-0.3, -0.25) is 0 Å². The maximum Gasteiger partial charge on any atom is 0.255 e. The van der Waals surface area contributed by atoms with Crippen LogP contribution in [0.25, 0.3) is 0 Å². The largest absolute Gasteiger partial charge is 0.347 e. The molecule has 0 atom stereocenters. The highest BCUT2D eigenvalue weighted by atomic mass is 79.9. The first-order valence-electron chi connectivity index (χ1n) is 4.44. The second-order valence-corrected chi connectivity index (χ2v) is 4.28. The molecular formula is C9H9BrClF3N2. The molecule has 0 spiro atoms. The van der Waals surface area contributed by atoms with Crippen molar-refractivity contribution in [3.05, 3.63) is 22.6 Å². The molecule has 0 aromatic carbocycles. The quantitative estimate of drug-likeness (QED) is 0.775. The first-order valence-corrected chi connectivity index (χ1v) is 5.77. The maximum atomic E-state index is 13.5. The number of rotatable bonds is 5. The fourth-order valence-electron chi connectivity index (χ4n) is 1.19. The minimum Gasteiger partial charge on any atom is -0.347 e. The lowest BCUT2D eigenvalue weighted by Gasteiger charge is -2.22. The Bertz CT molecular complexity index is 352. The average Bonchev–Trinajstić information content (AvgIpc) is 2.16. The molecule has 0 aliphatic heterocycles. The first kappa shape index (κ1) is 13.6. The van der Waals surface area contributed by atoms with Crippen molar-refractivity contribution in [1.29, 1.82) is 0 Å². The molecule has 0 aliphatic rings. The van der Waals surface area contributed by atoms with Crippen LogP contribution in [0.15, 0.2) is 16.7 Å². The van der Waals surface area contributed by atoms with Crippen molar-refractivity contribution in [2.75, 3.05) is 23.9 Å². The third kappa shape index (κ3) is 3.83. The van der Waals surface area contributed by atoms with E-state index in [9.17, 15) is 13.2 Å². The number of aromatic nitrogens is 1. The summed E-state index contributed by atoms with van der Waals surface area (Å²) in [7, 11) is 0. The third-order valence-electron chi connectivity index (χ3n) is 1.80. The summed E-state index contributed by atoms with van der Waals surface area (Å²) in [6, 6.07) is 1.18. The van der Waals surface area contributed by atoms with Gasteiger partial charge in [0.15, 0.2) is 11.6 Å². The molecule has 7 heteroatoms. The molecule has 0 N–H and O–H groups in total. The van der Waals surface area contributed by atoms with Gasteiger partial charge in [0.05, 0.1) is 6.54 Å². The van der Waals surface area contributed by atoms with E-state index in [0.717, 1.165) is 4.90 Å². The minimum absolute atomic E-state index is 0.107. The molecule has 0 bridgehead atoms. The average molecular weight is 318 g/mol. The number of halogens is 5. The second kappa shape index (κ2) is 6.30. The Hall–Kier alpha value is -0.490. The van der Waals surface area contributed by atoms with E-state index in [0.29, 0.717) is 4.47 Å². The van der Waals surface area contributed by atoms with Crippen LogP contribution in [0.2, 0.25) is 0 Å². The highest BCUT2D eigenvalue weighted by Crippen LogP contribution is 2.20. The van der Waals surface area contributed by atoms with E-state index < -0.39 is 18.8 Å². The summed E-state index contributed by atoms with van der Waals surface area (Å²) in [5, 5.41) is 0. The highest BCUT2D eigenvalue weighted by Gasteiger charge is 2.17. The first-order chi connectivity index (χ1) is 7.54. The molecule has 90 valence electrons. The number of hydrogen-bond acceptors (Lipinski definition) is 2. The Labute approximate surface area is 105 Å². The van der Waals surface area contributed by atoms with E-state index in [4.69, 9.17) is 11.6 Å². The van der Waals surface area contributed by atoms with E-state index in [2.05, 4.69) is 20.9 Å². The topological polar surface area (TPSA) is 16.1 Å². The molecular weight excluding hydrogens is 308 g/mol. The lowest BCUT2D eigenvalue weighted by atomic mass is 10.4. The Morgan fingerprint density at radius 1 is 1.50 bits per heavy atom. The standard InChI is InChI=1S/C9H9BrClF3N2/c10-6-3-7(12)9(15-4-6)16(2-1-11)5-8(13)14/h3-4,8H,1-2,5H2. The summed E-state index contributed by atoms with van der Waals surface area (Å²) in [6.45, 7) is -0.463. The van der Waals surface area contributed by atoms with Crippen LogP contribution in [0.1, 0.15) is 0 Å². The minimum atomic E-state index is -2.56.